The third-order valence-corrected chi connectivity index (χ3v) is 5.13. The number of carbonyl (C=O) groups is 2. The Morgan fingerprint density at radius 2 is 1.34 bits per heavy atom. The van der Waals surface area contributed by atoms with Crippen LogP contribution in [-0.4, -0.2) is 23.0 Å². The summed E-state index contributed by atoms with van der Waals surface area (Å²) in [6.45, 7) is 0. The summed E-state index contributed by atoms with van der Waals surface area (Å²) in [5.74, 6) is -1.34. The maximum atomic E-state index is 12.5. The molecule has 1 atom stereocenters. The number of hydrogen-bond acceptors (Lipinski definition) is 2. The number of benzene rings is 4. The predicted octanol–water partition coefficient (Wildman–Crippen LogP) is 4.35. The van der Waals surface area contributed by atoms with E-state index in [4.69, 9.17) is 0 Å². The number of rotatable bonds is 6. The highest BCUT2D eigenvalue weighted by atomic mass is 16.4. The molecule has 4 aromatic rings. The Morgan fingerprint density at radius 3 is 1.93 bits per heavy atom. The first-order valence-corrected chi connectivity index (χ1v) is 9.57. The summed E-state index contributed by atoms with van der Waals surface area (Å²) in [4.78, 5) is 24.4. The molecule has 1 amide bonds. The highest BCUT2D eigenvalue weighted by molar-refractivity contribution is 6.02. The average molecular weight is 383 g/mol. The topological polar surface area (TPSA) is 66.4 Å². The zero-order valence-corrected chi connectivity index (χ0v) is 15.8. The molecule has 4 heteroatoms. The van der Waals surface area contributed by atoms with Crippen LogP contribution in [0.15, 0.2) is 84.9 Å². The van der Waals surface area contributed by atoms with Crippen LogP contribution in [0.3, 0.4) is 0 Å². The van der Waals surface area contributed by atoms with E-state index in [-0.39, 0.29) is 18.7 Å². The maximum absolute atomic E-state index is 12.5. The number of aliphatic carboxylic acids is 1. The van der Waals surface area contributed by atoms with Gasteiger partial charge in [0.25, 0.3) is 0 Å². The Kier molecular flexibility index (Phi) is 5.25. The minimum atomic E-state index is -1.04. The van der Waals surface area contributed by atoms with Crippen molar-refractivity contribution in [2.24, 2.45) is 0 Å². The molecule has 0 aromatic heterocycles. The first-order valence-electron chi connectivity index (χ1n) is 9.57. The first-order chi connectivity index (χ1) is 14.1. The molecule has 0 spiro atoms. The number of carboxylic acids is 1. The average Bonchev–Trinajstić information content (AvgIpc) is 2.73. The van der Waals surface area contributed by atoms with Gasteiger partial charge < -0.3 is 10.4 Å². The van der Waals surface area contributed by atoms with E-state index in [1.807, 2.05) is 78.9 Å². The fourth-order valence-corrected chi connectivity index (χ4v) is 3.76. The second-order valence-corrected chi connectivity index (χ2v) is 7.12. The molecule has 0 saturated carbocycles. The molecule has 4 rings (SSSR count). The summed E-state index contributed by atoms with van der Waals surface area (Å²) in [5, 5.41) is 16.6. The lowest BCUT2D eigenvalue weighted by Gasteiger charge is -2.18. The summed E-state index contributed by atoms with van der Waals surface area (Å²) >= 11 is 0. The molecule has 0 aliphatic heterocycles. The van der Waals surface area contributed by atoms with Crippen LogP contribution in [0.2, 0.25) is 0 Å². The van der Waals surface area contributed by atoms with Crippen molar-refractivity contribution in [3.05, 3.63) is 96.1 Å². The lowest BCUT2D eigenvalue weighted by molar-refractivity contribution is -0.141. The summed E-state index contributed by atoms with van der Waals surface area (Å²) in [5.41, 5.74) is 1.79. The van der Waals surface area contributed by atoms with Crippen LogP contribution in [0.25, 0.3) is 21.5 Å². The summed E-state index contributed by atoms with van der Waals surface area (Å²) in [7, 11) is 0. The minimum absolute atomic E-state index is 0.154. The van der Waals surface area contributed by atoms with Gasteiger partial charge in [0.05, 0.1) is 6.42 Å². The molecule has 144 valence electrons. The molecule has 4 nitrogen and oxygen atoms in total. The first kappa shape index (κ1) is 18.7. The molecular formula is C25H21NO3. The maximum Gasteiger partial charge on any atom is 0.326 e. The Bertz CT molecular complexity index is 1130. The number of carboxylic acid groups (broad SMARTS) is 1. The van der Waals surface area contributed by atoms with Crippen molar-refractivity contribution < 1.29 is 14.7 Å². The molecule has 29 heavy (non-hydrogen) atoms. The van der Waals surface area contributed by atoms with Crippen molar-refractivity contribution in [2.75, 3.05) is 0 Å². The van der Waals surface area contributed by atoms with Gasteiger partial charge in [0.15, 0.2) is 0 Å². The number of carbonyl (C=O) groups excluding carboxylic acids is 1. The van der Waals surface area contributed by atoms with Gasteiger partial charge >= 0.3 is 5.97 Å². The fourth-order valence-electron chi connectivity index (χ4n) is 3.76. The van der Waals surface area contributed by atoms with E-state index in [0.29, 0.717) is 0 Å². The largest absolute Gasteiger partial charge is 0.480 e. The van der Waals surface area contributed by atoms with E-state index in [9.17, 15) is 14.7 Å². The standard InChI is InChI=1S/C25H21NO3/c27-24(14-17-8-2-1-3-9-17)26-23(25(28)29)16-22-20-12-6-4-10-18(20)15-19-11-5-7-13-21(19)22/h1-13,15,23H,14,16H2,(H,26,27)(H,28,29)/t23-/m1/s1. The van der Waals surface area contributed by atoms with Gasteiger partial charge in [0, 0.05) is 6.42 Å². The van der Waals surface area contributed by atoms with Crippen LogP contribution in [0.4, 0.5) is 0 Å². The molecule has 0 bridgehead atoms. The highest BCUT2D eigenvalue weighted by Gasteiger charge is 2.22. The van der Waals surface area contributed by atoms with Crippen molar-refractivity contribution in [2.45, 2.75) is 18.9 Å². The highest BCUT2D eigenvalue weighted by Crippen LogP contribution is 2.29. The van der Waals surface area contributed by atoms with Gasteiger partial charge in [-0.3, -0.25) is 4.79 Å². The van der Waals surface area contributed by atoms with Crippen LogP contribution < -0.4 is 5.32 Å². The van der Waals surface area contributed by atoms with Gasteiger partial charge in [-0.1, -0.05) is 78.9 Å². The van der Waals surface area contributed by atoms with Gasteiger partial charge in [-0.05, 0) is 38.7 Å². The van der Waals surface area contributed by atoms with Crippen LogP contribution in [0, 0.1) is 0 Å². The number of hydrogen-bond donors (Lipinski definition) is 2. The quantitative estimate of drug-likeness (QED) is 0.487. The summed E-state index contributed by atoms with van der Waals surface area (Å²) in [6.07, 6.45) is 0.374. The van der Waals surface area contributed by atoms with Gasteiger partial charge in [-0.2, -0.15) is 0 Å². The fraction of sp³-hybridized carbons (Fsp3) is 0.120. The van der Waals surface area contributed by atoms with E-state index >= 15 is 0 Å². The third-order valence-electron chi connectivity index (χ3n) is 5.13. The summed E-state index contributed by atoms with van der Waals surface area (Å²) < 4.78 is 0. The number of nitrogens with one attached hydrogen (secondary N) is 1. The molecule has 0 aliphatic carbocycles. The Morgan fingerprint density at radius 1 is 0.793 bits per heavy atom. The van der Waals surface area contributed by atoms with Crippen molar-refractivity contribution in [3.8, 4) is 0 Å². The van der Waals surface area contributed by atoms with E-state index in [1.165, 1.54) is 0 Å². The molecule has 0 heterocycles. The number of amides is 1. The zero-order valence-electron chi connectivity index (χ0n) is 15.8. The van der Waals surface area contributed by atoms with Crippen molar-refractivity contribution in [1.82, 2.24) is 5.32 Å². The molecule has 0 radical (unpaired) electrons. The van der Waals surface area contributed by atoms with Gasteiger partial charge in [-0.15, -0.1) is 0 Å². The van der Waals surface area contributed by atoms with Crippen LogP contribution in [-0.2, 0) is 22.4 Å². The lowest BCUT2D eigenvalue weighted by Crippen LogP contribution is -2.43. The Balaban J connectivity index is 1.67. The van der Waals surface area contributed by atoms with Crippen LogP contribution >= 0.6 is 0 Å². The monoisotopic (exact) mass is 383 g/mol. The van der Waals surface area contributed by atoms with E-state index < -0.39 is 12.0 Å². The summed E-state index contributed by atoms with van der Waals surface area (Å²) in [6, 6.07) is 26.3. The third kappa shape index (κ3) is 4.11. The van der Waals surface area contributed by atoms with Crippen molar-refractivity contribution in [1.29, 1.82) is 0 Å². The van der Waals surface area contributed by atoms with Crippen molar-refractivity contribution >= 4 is 33.4 Å². The smallest absolute Gasteiger partial charge is 0.326 e. The Labute approximate surface area is 168 Å². The van der Waals surface area contributed by atoms with Gasteiger partial charge in [-0.25, -0.2) is 4.79 Å². The molecule has 0 fully saturated rings. The van der Waals surface area contributed by atoms with E-state index in [1.54, 1.807) is 0 Å². The molecule has 4 aromatic carbocycles. The Hall–Kier alpha value is -3.66. The molecular weight excluding hydrogens is 362 g/mol. The predicted molar refractivity (Wildman–Crippen MR) is 115 cm³/mol. The van der Waals surface area contributed by atoms with Crippen molar-refractivity contribution in [3.63, 3.8) is 0 Å². The molecule has 2 N–H and O–H groups in total. The van der Waals surface area contributed by atoms with Crippen LogP contribution in [0.1, 0.15) is 11.1 Å². The molecule has 0 aliphatic rings. The molecule has 0 unspecified atom stereocenters. The zero-order chi connectivity index (χ0) is 20.2. The normalized spacial score (nSPS) is 12.0. The second-order valence-electron chi connectivity index (χ2n) is 7.12. The number of fused-ring (bicyclic) bond motifs is 2. The van der Waals surface area contributed by atoms with E-state index in [0.717, 1.165) is 32.7 Å². The lowest BCUT2D eigenvalue weighted by atomic mass is 9.92. The molecule has 0 saturated heterocycles. The van der Waals surface area contributed by atoms with E-state index in [2.05, 4.69) is 11.4 Å². The van der Waals surface area contributed by atoms with Crippen LogP contribution in [0.5, 0.6) is 0 Å². The van der Waals surface area contributed by atoms with Gasteiger partial charge in [0.2, 0.25) is 5.91 Å². The van der Waals surface area contributed by atoms with Gasteiger partial charge in [0.1, 0.15) is 6.04 Å². The second kappa shape index (κ2) is 8.15. The SMILES string of the molecule is O=C(Cc1ccccc1)N[C@H](Cc1c2ccccc2cc2ccccc12)C(=O)O. The minimum Gasteiger partial charge on any atom is -0.480 e.